The number of phenols is 1. The fourth-order valence-electron chi connectivity index (χ4n) is 2.37. The summed E-state index contributed by atoms with van der Waals surface area (Å²) in [6.45, 7) is 1.94. The smallest absolute Gasteiger partial charge is 0.256 e. The molecular formula is C16H11BrClNO2. The molecule has 2 aromatic rings. The molecule has 3 nitrogen and oxygen atoms in total. The maximum atomic E-state index is 12.2. The number of benzene rings is 2. The lowest BCUT2D eigenvalue weighted by Crippen LogP contribution is -2.03. The number of rotatable bonds is 1. The molecule has 0 fully saturated rings. The van der Waals surface area contributed by atoms with Gasteiger partial charge >= 0.3 is 0 Å². The van der Waals surface area contributed by atoms with Gasteiger partial charge < -0.3 is 10.4 Å². The van der Waals surface area contributed by atoms with E-state index in [4.69, 9.17) is 11.6 Å². The summed E-state index contributed by atoms with van der Waals surface area (Å²) < 4.78 is 0.930. The zero-order valence-electron chi connectivity index (χ0n) is 11.1. The number of anilines is 1. The van der Waals surface area contributed by atoms with E-state index in [-0.39, 0.29) is 11.7 Å². The Morgan fingerprint density at radius 3 is 2.81 bits per heavy atom. The van der Waals surface area contributed by atoms with E-state index < -0.39 is 0 Å². The zero-order chi connectivity index (χ0) is 15.1. The van der Waals surface area contributed by atoms with Gasteiger partial charge in [0.05, 0.1) is 5.57 Å². The third kappa shape index (κ3) is 2.45. The Hall–Kier alpha value is -1.78. The van der Waals surface area contributed by atoms with Crippen LogP contribution in [-0.4, -0.2) is 11.0 Å². The molecule has 3 rings (SSSR count). The highest BCUT2D eigenvalue weighted by molar-refractivity contribution is 9.10. The van der Waals surface area contributed by atoms with Crippen LogP contribution in [-0.2, 0) is 4.79 Å². The van der Waals surface area contributed by atoms with Crippen molar-refractivity contribution >= 4 is 50.8 Å². The Bertz CT molecular complexity index is 799. The van der Waals surface area contributed by atoms with Gasteiger partial charge in [-0.25, -0.2) is 0 Å². The van der Waals surface area contributed by atoms with Crippen molar-refractivity contribution in [3.8, 4) is 5.75 Å². The Labute approximate surface area is 135 Å². The van der Waals surface area contributed by atoms with Gasteiger partial charge in [0.1, 0.15) is 5.75 Å². The molecule has 1 amide bonds. The predicted octanol–water partition coefficient (Wildman–Crippen LogP) is 4.61. The van der Waals surface area contributed by atoms with E-state index in [1.807, 2.05) is 19.1 Å². The van der Waals surface area contributed by atoms with Crippen LogP contribution >= 0.6 is 27.5 Å². The molecule has 0 radical (unpaired) electrons. The second-order valence-electron chi connectivity index (χ2n) is 4.81. The van der Waals surface area contributed by atoms with Gasteiger partial charge in [-0.05, 0) is 48.9 Å². The van der Waals surface area contributed by atoms with Gasteiger partial charge in [0, 0.05) is 26.3 Å². The summed E-state index contributed by atoms with van der Waals surface area (Å²) in [5, 5.41) is 13.2. The summed E-state index contributed by atoms with van der Waals surface area (Å²) in [5.41, 5.74) is 3.61. The average molecular weight is 365 g/mol. The molecule has 0 atom stereocenters. The number of nitrogens with one attached hydrogen (secondary N) is 1. The molecule has 0 aromatic heterocycles. The van der Waals surface area contributed by atoms with Gasteiger partial charge in [0.25, 0.3) is 5.91 Å². The standard InChI is InChI=1S/C16H11BrClNO2/c1-8-12(17)3-4-13-15(8)11(16(21)19-13)7-9-6-10(18)2-5-14(9)20/h2-7,20H,1H3,(H,19,21). The van der Waals surface area contributed by atoms with E-state index in [2.05, 4.69) is 21.2 Å². The molecule has 2 aromatic carbocycles. The van der Waals surface area contributed by atoms with E-state index in [9.17, 15) is 9.90 Å². The third-order valence-corrected chi connectivity index (χ3v) is 4.54. The van der Waals surface area contributed by atoms with E-state index in [1.54, 1.807) is 18.2 Å². The molecule has 21 heavy (non-hydrogen) atoms. The molecule has 0 saturated heterocycles. The molecule has 0 bridgehead atoms. The normalized spacial score (nSPS) is 15.2. The van der Waals surface area contributed by atoms with Gasteiger partial charge in [0.15, 0.2) is 0 Å². The van der Waals surface area contributed by atoms with Crippen LogP contribution in [0.3, 0.4) is 0 Å². The third-order valence-electron chi connectivity index (χ3n) is 3.45. The molecule has 0 unspecified atom stereocenters. The Morgan fingerprint density at radius 2 is 2.05 bits per heavy atom. The van der Waals surface area contributed by atoms with Gasteiger partial charge in [-0.1, -0.05) is 27.5 Å². The van der Waals surface area contributed by atoms with Crippen LogP contribution < -0.4 is 5.32 Å². The quantitative estimate of drug-likeness (QED) is 0.726. The van der Waals surface area contributed by atoms with Gasteiger partial charge in [-0.15, -0.1) is 0 Å². The molecule has 5 heteroatoms. The Morgan fingerprint density at radius 1 is 1.29 bits per heavy atom. The van der Waals surface area contributed by atoms with Crippen LogP contribution in [0.25, 0.3) is 11.6 Å². The fraction of sp³-hybridized carbons (Fsp3) is 0.0625. The van der Waals surface area contributed by atoms with Crippen LogP contribution in [0.1, 0.15) is 16.7 Å². The first-order valence-corrected chi connectivity index (χ1v) is 7.45. The van der Waals surface area contributed by atoms with Gasteiger partial charge in [-0.3, -0.25) is 4.79 Å². The molecule has 1 aliphatic heterocycles. The number of hydrogen-bond acceptors (Lipinski definition) is 2. The summed E-state index contributed by atoms with van der Waals surface area (Å²) in [5.74, 6) is -0.105. The van der Waals surface area contributed by atoms with E-state index in [1.165, 1.54) is 6.07 Å². The number of carbonyl (C=O) groups excluding carboxylic acids is 1. The first-order chi connectivity index (χ1) is 9.97. The maximum absolute atomic E-state index is 12.2. The fourth-order valence-corrected chi connectivity index (χ4v) is 2.89. The number of fused-ring (bicyclic) bond motifs is 1. The van der Waals surface area contributed by atoms with Crippen LogP contribution in [0.5, 0.6) is 5.75 Å². The lowest BCUT2D eigenvalue weighted by Gasteiger charge is -2.06. The van der Waals surface area contributed by atoms with Crippen molar-refractivity contribution in [1.29, 1.82) is 0 Å². The van der Waals surface area contributed by atoms with Crippen molar-refractivity contribution < 1.29 is 9.90 Å². The van der Waals surface area contributed by atoms with Crippen molar-refractivity contribution in [3.63, 3.8) is 0 Å². The highest BCUT2D eigenvalue weighted by atomic mass is 79.9. The topological polar surface area (TPSA) is 49.3 Å². The van der Waals surface area contributed by atoms with Crippen molar-refractivity contribution in [2.24, 2.45) is 0 Å². The van der Waals surface area contributed by atoms with Crippen LogP contribution in [0.4, 0.5) is 5.69 Å². The minimum Gasteiger partial charge on any atom is -0.507 e. The van der Waals surface area contributed by atoms with Crippen molar-refractivity contribution in [2.75, 3.05) is 5.32 Å². The number of phenolic OH excluding ortho intramolecular Hbond substituents is 1. The lowest BCUT2D eigenvalue weighted by molar-refractivity contribution is -0.110. The van der Waals surface area contributed by atoms with Crippen molar-refractivity contribution in [1.82, 2.24) is 0 Å². The number of aromatic hydroxyl groups is 1. The van der Waals surface area contributed by atoms with Gasteiger partial charge in [0.2, 0.25) is 0 Å². The maximum Gasteiger partial charge on any atom is 0.256 e. The first-order valence-electron chi connectivity index (χ1n) is 6.28. The van der Waals surface area contributed by atoms with Crippen molar-refractivity contribution in [3.05, 3.63) is 56.5 Å². The predicted molar refractivity (Wildman–Crippen MR) is 88.5 cm³/mol. The highest BCUT2D eigenvalue weighted by Gasteiger charge is 2.26. The number of hydrogen-bond donors (Lipinski definition) is 2. The molecular weight excluding hydrogens is 354 g/mol. The summed E-state index contributed by atoms with van der Waals surface area (Å²) >= 11 is 9.42. The summed E-state index contributed by atoms with van der Waals surface area (Å²) in [6, 6.07) is 8.49. The highest BCUT2D eigenvalue weighted by Crippen LogP contribution is 2.39. The summed E-state index contributed by atoms with van der Waals surface area (Å²) in [4.78, 5) is 12.2. The van der Waals surface area contributed by atoms with E-state index in [0.29, 0.717) is 16.2 Å². The van der Waals surface area contributed by atoms with E-state index >= 15 is 0 Å². The second kappa shape index (κ2) is 5.20. The van der Waals surface area contributed by atoms with Crippen molar-refractivity contribution in [2.45, 2.75) is 6.92 Å². The minimum atomic E-state index is -0.189. The monoisotopic (exact) mass is 363 g/mol. The van der Waals surface area contributed by atoms with Crippen LogP contribution in [0.15, 0.2) is 34.8 Å². The molecule has 1 aliphatic rings. The molecule has 0 aliphatic carbocycles. The Balaban J connectivity index is 2.21. The van der Waals surface area contributed by atoms with Gasteiger partial charge in [-0.2, -0.15) is 0 Å². The summed E-state index contributed by atoms with van der Waals surface area (Å²) in [6.07, 6.45) is 1.65. The molecule has 2 N–H and O–H groups in total. The number of amides is 1. The number of halogens is 2. The molecule has 0 saturated carbocycles. The molecule has 1 heterocycles. The Kier molecular flexibility index (Phi) is 3.51. The molecule has 0 spiro atoms. The minimum absolute atomic E-state index is 0.0841. The largest absolute Gasteiger partial charge is 0.507 e. The zero-order valence-corrected chi connectivity index (χ0v) is 13.4. The lowest BCUT2D eigenvalue weighted by atomic mass is 9.99. The number of carbonyl (C=O) groups is 1. The molecule has 106 valence electrons. The van der Waals surface area contributed by atoms with E-state index in [0.717, 1.165) is 21.3 Å². The SMILES string of the molecule is Cc1c(Br)ccc2c1C(=Cc1cc(Cl)ccc1O)C(=O)N2. The average Bonchev–Trinajstić information content (AvgIpc) is 2.75. The summed E-state index contributed by atoms with van der Waals surface area (Å²) in [7, 11) is 0. The second-order valence-corrected chi connectivity index (χ2v) is 6.10. The van der Waals surface area contributed by atoms with Crippen LogP contribution in [0.2, 0.25) is 5.02 Å². The van der Waals surface area contributed by atoms with Crippen LogP contribution in [0, 0.1) is 6.92 Å². The first kappa shape index (κ1) is 14.2.